The van der Waals surface area contributed by atoms with Crippen LogP contribution in [0.15, 0.2) is 0 Å². The van der Waals surface area contributed by atoms with Crippen LogP contribution in [0.5, 0.6) is 0 Å². The first-order chi connectivity index (χ1) is 5.68. The Morgan fingerprint density at radius 3 is 2.25 bits per heavy atom. The lowest BCUT2D eigenvalue weighted by Gasteiger charge is -2.33. The summed E-state index contributed by atoms with van der Waals surface area (Å²) in [6.45, 7) is 1.99. The van der Waals surface area contributed by atoms with E-state index in [-0.39, 0.29) is 5.60 Å². The van der Waals surface area contributed by atoms with Gasteiger partial charge in [-0.1, -0.05) is 26.2 Å². The van der Waals surface area contributed by atoms with Gasteiger partial charge in [-0.25, -0.2) is 8.42 Å². The van der Waals surface area contributed by atoms with Crippen LogP contribution in [0.1, 0.15) is 45.4 Å². The normalized spacial score (nSPS) is 22.8. The number of hydrogen-bond acceptors (Lipinski definition) is 3. The van der Waals surface area contributed by atoms with E-state index in [1.54, 1.807) is 0 Å². The maximum atomic E-state index is 10.4. The van der Waals surface area contributed by atoms with Crippen LogP contribution in [0, 0.1) is 0 Å². The van der Waals surface area contributed by atoms with Crippen molar-refractivity contribution >= 4 is 11.0 Å². The molecule has 0 bridgehead atoms. The molecule has 0 spiro atoms. The molecule has 0 unspecified atom stereocenters. The highest BCUT2D eigenvalue weighted by Crippen LogP contribution is 2.34. The maximum Gasteiger partial charge on any atom is 0.257 e. The monoisotopic (exact) mass is 192 g/mol. The molecule has 0 N–H and O–H groups in total. The summed E-state index contributed by atoms with van der Waals surface area (Å²) in [4.78, 5) is 0. The van der Waals surface area contributed by atoms with Gasteiger partial charge in [0.2, 0.25) is 0 Å². The Balaban J connectivity index is 2.59. The van der Waals surface area contributed by atoms with Crippen molar-refractivity contribution in [2.24, 2.45) is 0 Å². The average Bonchev–Trinajstić information content (AvgIpc) is 2.05. The summed E-state index contributed by atoms with van der Waals surface area (Å²) in [6.07, 6.45) is 5.99. The Morgan fingerprint density at radius 1 is 1.25 bits per heavy atom. The minimum absolute atomic E-state index is 0.354. The van der Waals surface area contributed by atoms with Gasteiger partial charge in [-0.3, -0.25) is 4.18 Å². The van der Waals surface area contributed by atoms with Crippen LogP contribution in [-0.4, -0.2) is 14.0 Å². The Kier molecular flexibility index (Phi) is 3.53. The Labute approximate surface area is 75.3 Å². The zero-order chi connectivity index (χ0) is 9.03. The van der Waals surface area contributed by atoms with E-state index in [0.717, 1.165) is 32.1 Å². The van der Waals surface area contributed by atoms with Gasteiger partial charge in [0.25, 0.3) is 11.0 Å². The van der Waals surface area contributed by atoms with Crippen molar-refractivity contribution in [3.63, 3.8) is 0 Å². The van der Waals surface area contributed by atoms with Crippen LogP contribution in [-0.2, 0) is 15.2 Å². The Hall–Kier alpha value is -0.0900. The summed E-state index contributed by atoms with van der Waals surface area (Å²) in [5, 5.41) is 0. The van der Waals surface area contributed by atoms with Gasteiger partial charge in [-0.2, -0.15) is 0 Å². The number of hydrogen-bond donors (Lipinski definition) is 1. The molecule has 0 aliphatic heterocycles. The molecule has 0 aromatic rings. The largest absolute Gasteiger partial charge is 0.266 e. The van der Waals surface area contributed by atoms with Gasteiger partial charge in [0, 0.05) is 0 Å². The minimum atomic E-state index is -2.68. The first kappa shape index (κ1) is 9.99. The number of thiol groups is 1. The molecule has 0 atom stereocenters. The molecular weight excluding hydrogens is 176 g/mol. The van der Waals surface area contributed by atoms with E-state index in [1.807, 2.05) is 6.92 Å². The zero-order valence-corrected chi connectivity index (χ0v) is 8.31. The van der Waals surface area contributed by atoms with Crippen LogP contribution in [0.25, 0.3) is 0 Å². The van der Waals surface area contributed by atoms with E-state index in [2.05, 4.69) is 0 Å². The summed E-state index contributed by atoms with van der Waals surface area (Å²) < 4.78 is 25.9. The molecule has 3 nitrogen and oxygen atoms in total. The van der Waals surface area contributed by atoms with Gasteiger partial charge < -0.3 is 0 Å². The lowest BCUT2D eigenvalue weighted by atomic mass is 9.83. The highest BCUT2D eigenvalue weighted by atomic mass is 32.2. The predicted octanol–water partition coefficient (Wildman–Crippen LogP) is 1.64. The maximum absolute atomic E-state index is 10.4. The van der Waals surface area contributed by atoms with E-state index in [4.69, 9.17) is 4.18 Å². The topological polar surface area (TPSA) is 43.4 Å². The second kappa shape index (κ2) is 4.23. The lowest BCUT2D eigenvalue weighted by Crippen LogP contribution is -2.33. The van der Waals surface area contributed by atoms with Crippen LogP contribution in [0.2, 0.25) is 0 Å². The standard InChI is InChI=1S/C8H16O3S/c1-2-8(11-12(9)10)6-4-3-5-7-8/h12H,2-7H2,1H3. The highest BCUT2D eigenvalue weighted by molar-refractivity contribution is 7.67. The summed E-state index contributed by atoms with van der Waals surface area (Å²) in [5.74, 6) is 0. The molecule has 0 radical (unpaired) electrons. The Bertz CT molecular complexity index is 196. The Morgan fingerprint density at radius 2 is 1.83 bits per heavy atom. The van der Waals surface area contributed by atoms with Crippen LogP contribution in [0.3, 0.4) is 0 Å². The predicted molar refractivity (Wildman–Crippen MR) is 47.5 cm³/mol. The van der Waals surface area contributed by atoms with Crippen molar-refractivity contribution < 1.29 is 12.6 Å². The molecule has 1 saturated carbocycles. The van der Waals surface area contributed by atoms with Crippen molar-refractivity contribution in [1.29, 1.82) is 0 Å². The fourth-order valence-corrected chi connectivity index (χ4v) is 2.49. The minimum Gasteiger partial charge on any atom is -0.266 e. The fourth-order valence-electron chi connectivity index (χ4n) is 1.86. The van der Waals surface area contributed by atoms with Gasteiger partial charge in [0.1, 0.15) is 0 Å². The molecule has 72 valence electrons. The van der Waals surface area contributed by atoms with Crippen molar-refractivity contribution in [2.45, 2.75) is 51.0 Å². The SMILES string of the molecule is CCC1(O[SH](=O)=O)CCCCC1. The molecule has 1 aliphatic carbocycles. The van der Waals surface area contributed by atoms with E-state index < -0.39 is 11.0 Å². The van der Waals surface area contributed by atoms with Gasteiger partial charge in [-0.15, -0.1) is 0 Å². The average molecular weight is 192 g/mol. The first-order valence-electron chi connectivity index (χ1n) is 4.52. The molecule has 1 rings (SSSR count). The fraction of sp³-hybridized carbons (Fsp3) is 1.00. The summed E-state index contributed by atoms with van der Waals surface area (Å²) in [7, 11) is -2.68. The van der Waals surface area contributed by atoms with Crippen LogP contribution < -0.4 is 0 Å². The van der Waals surface area contributed by atoms with Gasteiger partial charge >= 0.3 is 0 Å². The summed E-state index contributed by atoms with van der Waals surface area (Å²) in [6, 6.07) is 0. The lowest BCUT2D eigenvalue weighted by molar-refractivity contribution is 0.0382. The van der Waals surface area contributed by atoms with E-state index in [0.29, 0.717) is 0 Å². The molecule has 0 aromatic carbocycles. The van der Waals surface area contributed by atoms with Gasteiger partial charge in [-0.05, 0) is 19.3 Å². The quantitative estimate of drug-likeness (QED) is 0.691. The first-order valence-corrected chi connectivity index (χ1v) is 5.62. The second-order valence-corrected chi connectivity index (χ2v) is 4.04. The van der Waals surface area contributed by atoms with Crippen LogP contribution >= 0.6 is 0 Å². The van der Waals surface area contributed by atoms with E-state index in [1.165, 1.54) is 6.42 Å². The van der Waals surface area contributed by atoms with E-state index in [9.17, 15) is 8.42 Å². The molecule has 1 fully saturated rings. The third-order valence-electron chi connectivity index (χ3n) is 2.68. The van der Waals surface area contributed by atoms with Gasteiger partial charge in [0.05, 0.1) is 5.60 Å². The third-order valence-corrected chi connectivity index (χ3v) is 3.21. The molecule has 0 amide bonds. The van der Waals surface area contributed by atoms with Gasteiger partial charge in [0.15, 0.2) is 0 Å². The molecule has 0 saturated heterocycles. The molecular formula is C8H16O3S. The number of rotatable bonds is 3. The zero-order valence-electron chi connectivity index (χ0n) is 7.41. The highest BCUT2D eigenvalue weighted by Gasteiger charge is 2.32. The molecule has 0 heterocycles. The van der Waals surface area contributed by atoms with E-state index >= 15 is 0 Å². The summed E-state index contributed by atoms with van der Waals surface area (Å²) in [5.41, 5.74) is -0.354. The second-order valence-electron chi connectivity index (χ2n) is 3.41. The molecule has 0 aromatic heterocycles. The van der Waals surface area contributed by atoms with Crippen molar-refractivity contribution in [2.75, 3.05) is 0 Å². The van der Waals surface area contributed by atoms with Crippen molar-refractivity contribution in [3.05, 3.63) is 0 Å². The molecule has 4 heteroatoms. The van der Waals surface area contributed by atoms with Crippen molar-refractivity contribution in [1.82, 2.24) is 0 Å². The molecule has 1 aliphatic rings. The smallest absolute Gasteiger partial charge is 0.257 e. The van der Waals surface area contributed by atoms with Crippen molar-refractivity contribution in [3.8, 4) is 0 Å². The van der Waals surface area contributed by atoms with Crippen LogP contribution in [0.4, 0.5) is 0 Å². The summed E-state index contributed by atoms with van der Waals surface area (Å²) >= 11 is 0. The molecule has 12 heavy (non-hydrogen) atoms. The third kappa shape index (κ3) is 2.45.